The number of rotatable bonds is 5. The molecule has 1 heterocycles. The number of hydrogen-bond donors (Lipinski definition) is 2. The van der Waals surface area contributed by atoms with Crippen molar-refractivity contribution in [3.05, 3.63) is 29.8 Å². The summed E-state index contributed by atoms with van der Waals surface area (Å²) in [6, 6.07) is 7.74. The minimum Gasteiger partial charge on any atom is -0.314 e. The second-order valence-electron chi connectivity index (χ2n) is 4.87. The summed E-state index contributed by atoms with van der Waals surface area (Å²) in [4.78, 5) is 0. The Labute approximate surface area is 109 Å². The number of sulfonamides is 1. The molecule has 1 saturated heterocycles. The molecule has 1 aromatic rings. The van der Waals surface area contributed by atoms with E-state index in [1.165, 1.54) is 0 Å². The molecule has 18 heavy (non-hydrogen) atoms. The van der Waals surface area contributed by atoms with Gasteiger partial charge in [0.05, 0.1) is 5.75 Å². The van der Waals surface area contributed by atoms with Gasteiger partial charge >= 0.3 is 0 Å². The second-order valence-corrected chi connectivity index (χ2v) is 6.71. The third kappa shape index (κ3) is 3.99. The van der Waals surface area contributed by atoms with Gasteiger partial charge in [-0.25, -0.2) is 8.42 Å². The van der Waals surface area contributed by atoms with Gasteiger partial charge in [-0.15, -0.1) is 0 Å². The molecule has 0 amide bonds. The molecule has 0 saturated carbocycles. The van der Waals surface area contributed by atoms with Gasteiger partial charge in [-0.1, -0.05) is 17.7 Å². The van der Waals surface area contributed by atoms with Crippen LogP contribution in [0.3, 0.4) is 0 Å². The van der Waals surface area contributed by atoms with Gasteiger partial charge in [-0.3, -0.25) is 4.72 Å². The van der Waals surface area contributed by atoms with E-state index >= 15 is 0 Å². The Kier molecular flexibility index (Phi) is 4.24. The van der Waals surface area contributed by atoms with Crippen molar-refractivity contribution in [2.75, 3.05) is 17.0 Å². The fraction of sp³-hybridized carbons (Fsp3) is 0.538. The van der Waals surface area contributed by atoms with Gasteiger partial charge in [0, 0.05) is 11.7 Å². The van der Waals surface area contributed by atoms with E-state index in [4.69, 9.17) is 0 Å². The van der Waals surface area contributed by atoms with E-state index in [1.54, 1.807) is 12.1 Å². The fourth-order valence-corrected chi connectivity index (χ4v) is 3.34. The highest BCUT2D eigenvalue weighted by molar-refractivity contribution is 7.92. The highest BCUT2D eigenvalue weighted by Gasteiger charge is 2.18. The van der Waals surface area contributed by atoms with Crippen LogP contribution in [0.25, 0.3) is 0 Å². The molecule has 1 unspecified atom stereocenters. The summed E-state index contributed by atoms with van der Waals surface area (Å²) in [7, 11) is -3.22. The van der Waals surface area contributed by atoms with Crippen LogP contribution in [0.5, 0.6) is 0 Å². The molecular weight excluding hydrogens is 248 g/mol. The van der Waals surface area contributed by atoms with E-state index in [2.05, 4.69) is 10.0 Å². The lowest BCUT2D eigenvalue weighted by Crippen LogP contribution is -2.26. The molecule has 1 aliphatic heterocycles. The van der Waals surface area contributed by atoms with E-state index in [-0.39, 0.29) is 5.75 Å². The summed E-state index contributed by atoms with van der Waals surface area (Å²) >= 11 is 0. The zero-order valence-corrected chi connectivity index (χ0v) is 11.5. The predicted molar refractivity (Wildman–Crippen MR) is 74.2 cm³/mol. The Balaban J connectivity index is 1.88. The van der Waals surface area contributed by atoms with Gasteiger partial charge in [-0.2, -0.15) is 0 Å². The van der Waals surface area contributed by atoms with Crippen LogP contribution in [0.4, 0.5) is 5.69 Å². The van der Waals surface area contributed by atoms with Crippen LogP contribution in [0, 0.1) is 6.92 Å². The molecule has 1 fully saturated rings. The van der Waals surface area contributed by atoms with Gasteiger partial charge in [-0.05, 0) is 44.9 Å². The van der Waals surface area contributed by atoms with Crippen LogP contribution in [-0.4, -0.2) is 26.8 Å². The molecule has 4 nitrogen and oxygen atoms in total. The lowest BCUT2D eigenvalue weighted by Gasteiger charge is -2.11. The van der Waals surface area contributed by atoms with Crippen molar-refractivity contribution < 1.29 is 8.42 Å². The Hall–Kier alpha value is -1.07. The quantitative estimate of drug-likeness (QED) is 0.857. The van der Waals surface area contributed by atoms with Gasteiger partial charge in [0.15, 0.2) is 0 Å². The summed E-state index contributed by atoms with van der Waals surface area (Å²) in [6.07, 6.45) is 2.91. The van der Waals surface area contributed by atoms with Crippen LogP contribution in [0.2, 0.25) is 0 Å². The lowest BCUT2D eigenvalue weighted by molar-refractivity contribution is 0.565. The minimum absolute atomic E-state index is 0.179. The standard InChI is InChI=1S/C13H20N2O2S/c1-11-4-6-13(7-5-11)15-18(16,17)10-8-12-3-2-9-14-12/h4-7,12,14-15H,2-3,8-10H2,1H3. The minimum atomic E-state index is -3.22. The molecule has 5 heteroatoms. The molecule has 0 aliphatic carbocycles. The van der Waals surface area contributed by atoms with Crippen LogP contribution in [-0.2, 0) is 10.0 Å². The molecule has 1 aromatic carbocycles. The van der Waals surface area contributed by atoms with Gasteiger partial charge < -0.3 is 5.32 Å². The largest absolute Gasteiger partial charge is 0.314 e. The first kappa shape index (κ1) is 13.4. The number of benzene rings is 1. The first-order valence-electron chi connectivity index (χ1n) is 6.36. The molecule has 2 N–H and O–H groups in total. The predicted octanol–water partition coefficient (Wildman–Crippen LogP) is 1.88. The Morgan fingerprint density at radius 2 is 2.06 bits per heavy atom. The molecule has 0 spiro atoms. The van der Waals surface area contributed by atoms with E-state index in [9.17, 15) is 8.42 Å². The number of anilines is 1. The summed E-state index contributed by atoms with van der Waals surface area (Å²) in [5.41, 5.74) is 1.76. The van der Waals surface area contributed by atoms with Crippen LogP contribution >= 0.6 is 0 Å². The van der Waals surface area contributed by atoms with E-state index in [1.807, 2.05) is 19.1 Å². The maximum atomic E-state index is 11.9. The smallest absolute Gasteiger partial charge is 0.232 e. The molecular formula is C13H20N2O2S. The summed E-state index contributed by atoms with van der Waals surface area (Å²) in [5.74, 6) is 0.179. The number of hydrogen-bond acceptors (Lipinski definition) is 3. The zero-order chi connectivity index (χ0) is 13.0. The summed E-state index contributed by atoms with van der Waals surface area (Å²) in [6.45, 7) is 2.99. The van der Waals surface area contributed by atoms with Crippen LogP contribution in [0.15, 0.2) is 24.3 Å². The number of aryl methyl sites for hydroxylation is 1. The molecule has 100 valence electrons. The Morgan fingerprint density at radius 3 is 2.67 bits per heavy atom. The normalized spacial score (nSPS) is 19.9. The van der Waals surface area contributed by atoms with Gasteiger partial charge in [0.2, 0.25) is 10.0 Å². The average molecular weight is 268 g/mol. The first-order valence-corrected chi connectivity index (χ1v) is 8.01. The Morgan fingerprint density at radius 1 is 1.33 bits per heavy atom. The average Bonchev–Trinajstić information content (AvgIpc) is 2.83. The monoisotopic (exact) mass is 268 g/mol. The van der Waals surface area contributed by atoms with Crippen molar-refractivity contribution in [2.24, 2.45) is 0 Å². The fourth-order valence-electron chi connectivity index (χ4n) is 2.15. The van der Waals surface area contributed by atoms with E-state index < -0.39 is 10.0 Å². The molecule has 1 aliphatic rings. The SMILES string of the molecule is Cc1ccc(NS(=O)(=O)CCC2CCCN2)cc1. The molecule has 0 bridgehead atoms. The summed E-state index contributed by atoms with van der Waals surface area (Å²) in [5, 5.41) is 3.31. The van der Waals surface area contributed by atoms with Crippen LogP contribution in [0.1, 0.15) is 24.8 Å². The van der Waals surface area contributed by atoms with Crippen molar-refractivity contribution in [2.45, 2.75) is 32.2 Å². The van der Waals surface area contributed by atoms with E-state index in [0.29, 0.717) is 18.2 Å². The maximum absolute atomic E-state index is 11.9. The first-order chi connectivity index (χ1) is 8.55. The molecule has 2 rings (SSSR count). The van der Waals surface area contributed by atoms with Crippen LogP contribution < -0.4 is 10.0 Å². The van der Waals surface area contributed by atoms with Gasteiger partial charge in [0.25, 0.3) is 0 Å². The number of nitrogens with one attached hydrogen (secondary N) is 2. The highest BCUT2D eigenvalue weighted by Crippen LogP contribution is 2.13. The van der Waals surface area contributed by atoms with Crippen molar-refractivity contribution in [3.63, 3.8) is 0 Å². The van der Waals surface area contributed by atoms with Crippen molar-refractivity contribution in [1.82, 2.24) is 5.32 Å². The van der Waals surface area contributed by atoms with E-state index in [0.717, 1.165) is 24.9 Å². The molecule has 1 atom stereocenters. The zero-order valence-electron chi connectivity index (χ0n) is 10.6. The molecule has 0 aromatic heterocycles. The summed E-state index contributed by atoms with van der Waals surface area (Å²) < 4.78 is 26.4. The van der Waals surface area contributed by atoms with Crippen molar-refractivity contribution in [1.29, 1.82) is 0 Å². The topological polar surface area (TPSA) is 58.2 Å². The second kappa shape index (κ2) is 5.71. The lowest BCUT2D eigenvalue weighted by atomic mass is 10.2. The Bertz CT molecular complexity index is 476. The molecule has 0 radical (unpaired) electrons. The highest BCUT2D eigenvalue weighted by atomic mass is 32.2. The maximum Gasteiger partial charge on any atom is 0.232 e. The van der Waals surface area contributed by atoms with Crippen molar-refractivity contribution >= 4 is 15.7 Å². The van der Waals surface area contributed by atoms with Gasteiger partial charge in [0.1, 0.15) is 0 Å². The third-order valence-corrected chi connectivity index (χ3v) is 4.54. The van der Waals surface area contributed by atoms with Crippen molar-refractivity contribution in [3.8, 4) is 0 Å². The third-order valence-electron chi connectivity index (χ3n) is 3.22.